The molecule has 0 bridgehead atoms. The maximum absolute atomic E-state index is 12.7. The molecule has 0 saturated carbocycles. The molecule has 4 nitrogen and oxygen atoms in total. The van der Waals surface area contributed by atoms with Crippen molar-refractivity contribution in [1.29, 1.82) is 0 Å². The Bertz CT molecular complexity index is 727. The summed E-state index contributed by atoms with van der Waals surface area (Å²) in [7, 11) is 0. The van der Waals surface area contributed by atoms with Crippen molar-refractivity contribution < 1.29 is 9.59 Å². The summed E-state index contributed by atoms with van der Waals surface area (Å²) in [5, 5.41) is 2.90. The van der Waals surface area contributed by atoms with Gasteiger partial charge in [-0.25, -0.2) is 0 Å². The van der Waals surface area contributed by atoms with Crippen LogP contribution < -0.4 is 10.2 Å². The van der Waals surface area contributed by atoms with Gasteiger partial charge in [0.1, 0.15) is 6.54 Å². The number of nitrogens with one attached hydrogen (secondary N) is 1. The highest BCUT2D eigenvalue weighted by molar-refractivity contribution is 6.00. The van der Waals surface area contributed by atoms with Gasteiger partial charge < -0.3 is 10.2 Å². The molecule has 2 aromatic carbocycles. The van der Waals surface area contributed by atoms with E-state index in [4.69, 9.17) is 0 Å². The Labute approximate surface area is 142 Å². The molecule has 4 heteroatoms. The first-order valence-electron chi connectivity index (χ1n) is 8.35. The molecule has 2 amide bonds. The minimum absolute atomic E-state index is 0.0230. The molecule has 124 valence electrons. The highest BCUT2D eigenvalue weighted by Crippen LogP contribution is 2.28. The Hall–Kier alpha value is -2.62. The van der Waals surface area contributed by atoms with E-state index in [2.05, 4.69) is 5.32 Å². The zero-order chi connectivity index (χ0) is 16.9. The molecule has 1 aliphatic heterocycles. The third-order valence-electron chi connectivity index (χ3n) is 4.45. The molecular formula is C20H22N2O2. The van der Waals surface area contributed by atoms with E-state index < -0.39 is 0 Å². The van der Waals surface area contributed by atoms with E-state index in [1.54, 1.807) is 4.90 Å². The van der Waals surface area contributed by atoms with E-state index in [9.17, 15) is 9.59 Å². The predicted molar refractivity (Wildman–Crippen MR) is 94.6 cm³/mol. The molecule has 3 rings (SSSR count). The minimum Gasteiger partial charge on any atom is -0.350 e. The standard InChI is InChI=1S/C20H22N2O2/c1-15-11-12-17-9-5-6-10-18(17)22(20(15)24)14-19(23)21-13-16-7-3-2-4-8-16/h2-10,15H,11-14H2,1H3,(H,21,23). The smallest absolute Gasteiger partial charge is 0.240 e. The molecule has 1 N–H and O–H groups in total. The summed E-state index contributed by atoms with van der Waals surface area (Å²) in [5.74, 6) is -0.190. The van der Waals surface area contributed by atoms with Gasteiger partial charge in [0.25, 0.3) is 0 Å². The van der Waals surface area contributed by atoms with Gasteiger partial charge in [0, 0.05) is 18.2 Å². The Morgan fingerprint density at radius 3 is 2.62 bits per heavy atom. The van der Waals surface area contributed by atoms with E-state index in [1.165, 1.54) is 0 Å². The van der Waals surface area contributed by atoms with Crippen molar-refractivity contribution in [3.05, 3.63) is 65.7 Å². The fourth-order valence-corrected chi connectivity index (χ4v) is 3.02. The van der Waals surface area contributed by atoms with E-state index in [-0.39, 0.29) is 24.3 Å². The van der Waals surface area contributed by atoms with Crippen LogP contribution in [-0.4, -0.2) is 18.4 Å². The van der Waals surface area contributed by atoms with Crippen molar-refractivity contribution in [3.8, 4) is 0 Å². The molecule has 0 aromatic heterocycles. The van der Waals surface area contributed by atoms with Crippen LogP contribution in [-0.2, 0) is 22.6 Å². The maximum Gasteiger partial charge on any atom is 0.240 e. The summed E-state index contributed by atoms with van der Waals surface area (Å²) >= 11 is 0. The van der Waals surface area contributed by atoms with Gasteiger partial charge in [-0.3, -0.25) is 9.59 Å². The third-order valence-corrected chi connectivity index (χ3v) is 4.45. The zero-order valence-electron chi connectivity index (χ0n) is 13.9. The van der Waals surface area contributed by atoms with Gasteiger partial charge in [-0.1, -0.05) is 55.5 Å². The first-order valence-corrected chi connectivity index (χ1v) is 8.35. The summed E-state index contributed by atoms with van der Waals surface area (Å²) in [4.78, 5) is 26.6. The second-order valence-corrected chi connectivity index (χ2v) is 6.26. The van der Waals surface area contributed by atoms with Crippen molar-refractivity contribution in [1.82, 2.24) is 5.32 Å². The van der Waals surface area contributed by atoms with Crippen LogP contribution in [0.2, 0.25) is 0 Å². The van der Waals surface area contributed by atoms with Gasteiger partial charge in [-0.05, 0) is 30.0 Å². The Balaban J connectivity index is 1.72. The summed E-state index contributed by atoms with van der Waals surface area (Å²) in [6.07, 6.45) is 1.68. The van der Waals surface area contributed by atoms with Crippen molar-refractivity contribution in [2.24, 2.45) is 5.92 Å². The van der Waals surface area contributed by atoms with Gasteiger partial charge in [-0.15, -0.1) is 0 Å². The second kappa shape index (κ2) is 7.30. The molecule has 2 aromatic rings. The van der Waals surface area contributed by atoms with Gasteiger partial charge in [0.2, 0.25) is 11.8 Å². The lowest BCUT2D eigenvalue weighted by Gasteiger charge is -2.24. The number of hydrogen-bond acceptors (Lipinski definition) is 2. The Kier molecular flexibility index (Phi) is 4.94. The number of fused-ring (bicyclic) bond motifs is 1. The van der Waals surface area contributed by atoms with Crippen molar-refractivity contribution >= 4 is 17.5 Å². The lowest BCUT2D eigenvalue weighted by Crippen LogP contribution is -2.42. The second-order valence-electron chi connectivity index (χ2n) is 6.26. The van der Waals surface area contributed by atoms with Crippen LogP contribution >= 0.6 is 0 Å². The maximum atomic E-state index is 12.7. The first kappa shape index (κ1) is 16.2. The fraction of sp³-hybridized carbons (Fsp3) is 0.300. The number of para-hydroxylation sites is 1. The van der Waals surface area contributed by atoms with Gasteiger partial charge >= 0.3 is 0 Å². The third kappa shape index (κ3) is 3.65. The van der Waals surface area contributed by atoms with Crippen molar-refractivity contribution in [2.45, 2.75) is 26.3 Å². The summed E-state index contributed by atoms with van der Waals surface area (Å²) in [6.45, 7) is 2.47. The normalized spacial score (nSPS) is 17.1. The molecule has 0 radical (unpaired) electrons. The van der Waals surface area contributed by atoms with Crippen LogP contribution in [0.4, 0.5) is 5.69 Å². The number of amides is 2. The van der Waals surface area contributed by atoms with Crippen LogP contribution in [0.5, 0.6) is 0 Å². The number of hydrogen-bond donors (Lipinski definition) is 1. The van der Waals surface area contributed by atoms with Crippen LogP contribution in [0.25, 0.3) is 0 Å². The lowest BCUT2D eigenvalue weighted by atomic mass is 10.0. The lowest BCUT2D eigenvalue weighted by molar-refractivity contribution is -0.125. The quantitative estimate of drug-likeness (QED) is 0.941. The van der Waals surface area contributed by atoms with Crippen LogP contribution in [0.15, 0.2) is 54.6 Å². The van der Waals surface area contributed by atoms with E-state index in [1.807, 2.05) is 61.5 Å². The molecule has 0 saturated heterocycles. The molecule has 1 atom stereocenters. The van der Waals surface area contributed by atoms with E-state index in [0.29, 0.717) is 6.54 Å². The molecular weight excluding hydrogens is 300 g/mol. The number of nitrogens with zero attached hydrogens (tertiary/aromatic N) is 1. The number of carbonyl (C=O) groups is 2. The highest BCUT2D eigenvalue weighted by atomic mass is 16.2. The Morgan fingerprint density at radius 2 is 1.83 bits per heavy atom. The molecule has 24 heavy (non-hydrogen) atoms. The number of carbonyl (C=O) groups excluding carboxylic acids is 2. The summed E-state index contributed by atoms with van der Waals surface area (Å²) in [5.41, 5.74) is 3.04. The SMILES string of the molecule is CC1CCc2ccccc2N(CC(=O)NCc2ccccc2)C1=O. The van der Waals surface area contributed by atoms with Crippen LogP contribution in [0.1, 0.15) is 24.5 Å². The average molecular weight is 322 g/mol. The summed E-state index contributed by atoms with van der Waals surface area (Å²) in [6, 6.07) is 17.6. The van der Waals surface area contributed by atoms with Crippen molar-refractivity contribution in [2.75, 3.05) is 11.4 Å². The average Bonchev–Trinajstić information content (AvgIpc) is 2.73. The topological polar surface area (TPSA) is 49.4 Å². The highest BCUT2D eigenvalue weighted by Gasteiger charge is 2.28. The number of benzene rings is 2. The van der Waals surface area contributed by atoms with Crippen molar-refractivity contribution in [3.63, 3.8) is 0 Å². The number of rotatable bonds is 4. The van der Waals surface area contributed by atoms with E-state index in [0.717, 1.165) is 29.7 Å². The molecule has 1 heterocycles. The molecule has 1 unspecified atom stereocenters. The molecule has 0 aliphatic carbocycles. The minimum atomic E-state index is -0.142. The molecule has 0 fully saturated rings. The predicted octanol–water partition coefficient (Wildman–Crippen LogP) is 2.92. The van der Waals surface area contributed by atoms with Gasteiger partial charge in [-0.2, -0.15) is 0 Å². The molecule has 0 spiro atoms. The number of aryl methyl sites for hydroxylation is 1. The van der Waals surface area contributed by atoms with Crippen LogP contribution in [0.3, 0.4) is 0 Å². The number of anilines is 1. The zero-order valence-corrected chi connectivity index (χ0v) is 13.9. The van der Waals surface area contributed by atoms with Gasteiger partial charge in [0.05, 0.1) is 0 Å². The van der Waals surface area contributed by atoms with E-state index >= 15 is 0 Å². The summed E-state index contributed by atoms with van der Waals surface area (Å²) < 4.78 is 0. The largest absolute Gasteiger partial charge is 0.350 e. The first-order chi connectivity index (χ1) is 11.6. The fourth-order valence-electron chi connectivity index (χ4n) is 3.02. The monoisotopic (exact) mass is 322 g/mol. The molecule has 1 aliphatic rings. The Morgan fingerprint density at radius 1 is 1.12 bits per heavy atom. The van der Waals surface area contributed by atoms with Gasteiger partial charge in [0.15, 0.2) is 0 Å². The van der Waals surface area contributed by atoms with Crippen LogP contribution in [0, 0.1) is 5.92 Å².